The van der Waals surface area contributed by atoms with E-state index >= 15 is 0 Å². The third-order valence-corrected chi connectivity index (χ3v) is 1.84. The SMILES string of the molecule is NC1SN=CN1CON=CC(=O)O. The normalized spacial score (nSPS) is 21.3. The lowest BCUT2D eigenvalue weighted by atomic mass is 10.8. The summed E-state index contributed by atoms with van der Waals surface area (Å²) < 4.78 is 3.80. The summed E-state index contributed by atoms with van der Waals surface area (Å²) in [5.74, 6) is -1.16. The molecule has 1 aliphatic rings. The van der Waals surface area contributed by atoms with Crippen LogP contribution < -0.4 is 5.73 Å². The predicted octanol–water partition coefficient (Wildman–Crippen LogP) is -0.735. The highest BCUT2D eigenvalue weighted by Gasteiger charge is 2.16. The van der Waals surface area contributed by atoms with Crippen molar-refractivity contribution in [2.45, 2.75) is 5.50 Å². The molecule has 7 nitrogen and oxygen atoms in total. The zero-order chi connectivity index (χ0) is 9.68. The van der Waals surface area contributed by atoms with Crippen molar-refractivity contribution in [1.82, 2.24) is 4.90 Å². The molecule has 0 bridgehead atoms. The van der Waals surface area contributed by atoms with E-state index in [1.54, 1.807) is 4.90 Å². The van der Waals surface area contributed by atoms with Crippen LogP contribution in [0.15, 0.2) is 9.55 Å². The summed E-state index contributed by atoms with van der Waals surface area (Å²) in [6.07, 6.45) is 2.16. The Morgan fingerprint density at radius 2 is 2.77 bits per heavy atom. The molecule has 1 unspecified atom stereocenters. The van der Waals surface area contributed by atoms with Gasteiger partial charge in [0.15, 0.2) is 18.4 Å². The zero-order valence-electron chi connectivity index (χ0n) is 6.53. The van der Waals surface area contributed by atoms with E-state index in [-0.39, 0.29) is 12.2 Å². The summed E-state index contributed by atoms with van der Waals surface area (Å²) in [6.45, 7) is 0.0848. The molecule has 0 spiro atoms. The Hall–Kier alpha value is -1.28. The Bertz CT molecular complexity index is 244. The van der Waals surface area contributed by atoms with E-state index in [9.17, 15) is 4.79 Å². The van der Waals surface area contributed by atoms with Gasteiger partial charge in [-0.25, -0.2) is 9.19 Å². The van der Waals surface area contributed by atoms with Crippen LogP contribution in [-0.4, -0.2) is 40.8 Å². The number of nitrogens with zero attached hydrogens (tertiary/aromatic N) is 3. The third-order valence-electron chi connectivity index (χ3n) is 1.14. The van der Waals surface area contributed by atoms with Gasteiger partial charge in [-0.1, -0.05) is 5.16 Å². The van der Waals surface area contributed by atoms with E-state index in [1.165, 1.54) is 18.3 Å². The number of rotatable bonds is 4. The minimum atomic E-state index is -1.16. The van der Waals surface area contributed by atoms with Gasteiger partial charge in [-0.15, -0.1) is 0 Å². The molecule has 0 aromatic heterocycles. The summed E-state index contributed by atoms with van der Waals surface area (Å²) in [5.41, 5.74) is 5.25. The topological polar surface area (TPSA) is 101 Å². The van der Waals surface area contributed by atoms with Gasteiger partial charge < -0.3 is 20.6 Å². The van der Waals surface area contributed by atoms with Crippen LogP contribution in [0.1, 0.15) is 0 Å². The van der Waals surface area contributed by atoms with Crippen LogP contribution in [-0.2, 0) is 9.63 Å². The fourth-order valence-electron chi connectivity index (χ4n) is 0.566. The summed E-state index contributed by atoms with van der Waals surface area (Å²) in [6, 6.07) is 0. The van der Waals surface area contributed by atoms with Crippen molar-refractivity contribution in [1.29, 1.82) is 0 Å². The van der Waals surface area contributed by atoms with Crippen LogP contribution in [0.4, 0.5) is 0 Å². The van der Waals surface area contributed by atoms with Crippen molar-refractivity contribution in [3.63, 3.8) is 0 Å². The van der Waals surface area contributed by atoms with Crippen molar-refractivity contribution in [2.24, 2.45) is 15.3 Å². The van der Waals surface area contributed by atoms with Gasteiger partial charge in [0.05, 0.1) is 0 Å². The molecular formula is C5H8N4O3S. The molecule has 0 amide bonds. The van der Waals surface area contributed by atoms with Crippen LogP contribution in [0.2, 0.25) is 0 Å². The molecular weight excluding hydrogens is 196 g/mol. The second-order valence-electron chi connectivity index (χ2n) is 2.06. The highest BCUT2D eigenvalue weighted by atomic mass is 32.2. The van der Waals surface area contributed by atoms with Crippen molar-refractivity contribution < 1.29 is 14.7 Å². The van der Waals surface area contributed by atoms with Crippen molar-refractivity contribution >= 4 is 30.5 Å². The first-order valence-electron chi connectivity index (χ1n) is 3.29. The average molecular weight is 204 g/mol. The van der Waals surface area contributed by atoms with Crippen LogP contribution >= 0.6 is 11.9 Å². The van der Waals surface area contributed by atoms with E-state index < -0.39 is 5.97 Å². The molecule has 0 fully saturated rings. The molecule has 0 aliphatic carbocycles. The lowest BCUT2D eigenvalue weighted by Gasteiger charge is -2.16. The van der Waals surface area contributed by atoms with Gasteiger partial charge in [0.2, 0.25) is 0 Å². The number of hydrogen-bond donors (Lipinski definition) is 2. The molecule has 13 heavy (non-hydrogen) atoms. The maximum Gasteiger partial charge on any atom is 0.350 e. The molecule has 0 saturated heterocycles. The highest BCUT2D eigenvalue weighted by Crippen LogP contribution is 2.16. The number of carbonyl (C=O) groups is 1. The molecule has 3 N–H and O–H groups in total. The van der Waals surface area contributed by atoms with Crippen molar-refractivity contribution in [2.75, 3.05) is 6.73 Å². The summed E-state index contributed by atoms with van der Waals surface area (Å²) in [5, 5.41) is 11.3. The van der Waals surface area contributed by atoms with Gasteiger partial charge in [-0.3, -0.25) is 0 Å². The third kappa shape index (κ3) is 3.30. The average Bonchev–Trinajstić information content (AvgIpc) is 2.45. The Balaban J connectivity index is 2.19. The Labute approximate surface area is 78.4 Å². The first-order valence-corrected chi connectivity index (χ1v) is 4.12. The van der Waals surface area contributed by atoms with Gasteiger partial charge in [0.1, 0.15) is 6.34 Å². The number of nitrogens with two attached hydrogens (primary N) is 1. The van der Waals surface area contributed by atoms with Gasteiger partial charge in [0, 0.05) is 11.9 Å². The summed E-state index contributed by atoms with van der Waals surface area (Å²) in [7, 11) is 0. The molecule has 0 aromatic rings. The maximum absolute atomic E-state index is 9.96. The number of aliphatic carboxylic acids is 1. The fourth-order valence-corrected chi connectivity index (χ4v) is 1.10. The highest BCUT2D eigenvalue weighted by molar-refractivity contribution is 7.98. The van der Waals surface area contributed by atoms with E-state index in [0.29, 0.717) is 6.21 Å². The smallest absolute Gasteiger partial charge is 0.350 e. The Kier molecular flexibility index (Phi) is 3.53. The minimum absolute atomic E-state index is 0.0848. The molecule has 8 heteroatoms. The quantitative estimate of drug-likeness (QED) is 0.355. The van der Waals surface area contributed by atoms with Gasteiger partial charge in [0.25, 0.3) is 0 Å². The van der Waals surface area contributed by atoms with E-state index in [4.69, 9.17) is 10.8 Å². The van der Waals surface area contributed by atoms with E-state index in [2.05, 4.69) is 14.4 Å². The first kappa shape index (κ1) is 9.81. The van der Waals surface area contributed by atoms with Crippen LogP contribution in [0.3, 0.4) is 0 Å². The number of carboxylic acids is 1. The minimum Gasteiger partial charge on any atom is -0.477 e. The molecule has 1 aliphatic heterocycles. The summed E-state index contributed by atoms with van der Waals surface area (Å²) in [4.78, 5) is 16.2. The van der Waals surface area contributed by atoms with Gasteiger partial charge in [-0.05, 0) is 0 Å². The van der Waals surface area contributed by atoms with Crippen LogP contribution in [0.5, 0.6) is 0 Å². The standard InChI is InChI=1S/C5H8N4O3S/c6-5-9(2-8-13-5)3-12-7-1-4(10)11/h1-2,5H,3,6H2,(H,10,11). The molecule has 1 atom stereocenters. The van der Waals surface area contributed by atoms with E-state index in [1.807, 2.05) is 0 Å². The fraction of sp³-hybridized carbons (Fsp3) is 0.400. The van der Waals surface area contributed by atoms with Crippen LogP contribution in [0.25, 0.3) is 0 Å². The van der Waals surface area contributed by atoms with Crippen molar-refractivity contribution in [3.05, 3.63) is 0 Å². The molecule has 0 aromatic carbocycles. The lowest BCUT2D eigenvalue weighted by Crippen LogP contribution is -2.36. The Morgan fingerprint density at radius 1 is 2.00 bits per heavy atom. The Morgan fingerprint density at radius 3 is 3.31 bits per heavy atom. The molecule has 0 saturated carbocycles. The molecule has 72 valence electrons. The zero-order valence-corrected chi connectivity index (χ0v) is 7.35. The van der Waals surface area contributed by atoms with Crippen molar-refractivity contribution in [3.8, 4) is 0 Å². The van der Waals surface area contributed by atoms with Gasteiger partial charge in [-0.2, -0.15) is 0 Å². The lowest BCUT2D eigenvalue weighted by molar-refractivity contribution is -0.129. The van der Waals surface area contributed by atoms with Gasteiger partial charge >= 0.3 is 5.97 Å². The second-order valence-corrected chi connectivity index (χ2v) is 2.97. The van der Waals surface area contributed by atoms with Crippen LogP contribution in [0, 0.1) is 0 Å². The molecule has 0 radical (unpaired) electrons. The monoisotopic (exact) mass is 204 g/mol. The molecule has 1 heterocycles. The second kappa shape index (κ2) is 4.67. The summed E-state index contributed by atoms with van der Waals surface area (Å²) >= 11 is 1.19. The van der Waals surface area contributed by atoms with E-state index in [0.717, 1.165) is 0 Å². The largest absolute Gasteiger partial charge is 0.477 e. The number of hydrogen-bond acceptors (Lipinski definition) is 7. The molecule has 1 rings (SSSR count). The first-order chi connectivity index (χ1) is 6.20. The maximum atomic E-state index is 9.96. The number of carboxylic acid groups (broad SMARTS) is 1. The predicted molar refractivity (Wildman–Crippen MR) is 48.0 cm³/mol. The number of oxime groups is 1.